The molecular formula is C14H17N3O2S. The van der Waals surface area contributed by atoms with Crippen LogP contribution in [0.3, 0.4) is 0 Å². The van der Waals surface area contributed by atoms with Crippen molar-refractivity contribution < 1.29 is 4.74 Å². The van der Waals surface area contributed by atoms with Crippen molar-refractivity contribution in [2.75, 3.05) is 12.4 Å². The van der Waals surface area contributed by atoms with Crippen LogP contribution in [0.1, 0.15) is 18.2 Å². The van der Waals surface area contributed by atoms with Gasteiger partial charge in [0.2, 0.25) is 0 Å². The first-order chi connectivity index (χ1) is 9.69. The molecule has 5 nitrogen and oxygen atoms in total. The van der Waals surface area contributed by atoms with Crippen LogP contribution in [0.5, 0.6) is 5.75 Å². The Hall–Kier alpha value is -1.82. The van der Waals surface area contributed by atoms with Crippen molar-refractivity contribution in [2.45, 2.75) is 25.4 Å². The minimum absolute atomic E-state index is 0.196. The predicted octanol–water partition coefficient (Wildman–Crippen LogP) is 2.21. The maximum absolute atomic E-state index is 11.4. The quantitative estimate of drug-likeness (QED) is 0.653. The van der Waals surface area contributed by atoms with Crippen LogP contribution in [0, 0.1) is 6.92 Å². The smallest absolute Gasteiger partial charge is 0.273 e. The number of benzene rings is 1. The van der Waals surface area contributed by atoms with Crippen LogP contribution in [0.15, 0.2) is 34.2 Å². The summed E-state index contributed by atoms with van der Waals surface area (Å²) in [5.41, 5.74) is 1.47. The van der Waals surface area contributed by atoms with Crippen LogP contribution in [-0.4, -0.2) is 27.5 Å². The third kappa shape index (κ3) is 4.09. The highest BCUT2D eigenvalue weighted by Crippen LogP contribution is 2.14. The molecule has 0 aliphatic rings. The number of aromatic amines is 1. The predicted molar refractivity (Wildman–Crippen MR) is 79.4 cm³/mol. The van der Waals surface area contributed by atoms with Crippen LogP contribution < -0.4 is 10.3 Å². The van der Waals surface area contributed by atoms with E-state index < -0.39 is 0 Å². The van der Waals surface area contributed by atoms with Crippen molar-refractivity contribution in [1.82, 2.24) is 15.2 Å². The molecule has 1 N–H and O–H groups in total. The molecule has 0 radical (unpaired) electrons. The van der Waals surface area contributed by atoms with Crippen LogP contribution in [-0.2, 0) is 6.42 Å². The minimum Gasteiger partial charge on any atom is -0.493 e. The molecule has 0 saturated heterocycles. The lowest BCUT2D eigenvalue weighted by Crippen LogP contribution is -2.14. The fourth-order valence-corrected chi connectivity index (χ4v) is 2.19. The number of hydrogen-bond donors (Lipinski definition) is 1. The molecule has 2 aromatic rings. The van der Waals surface area contributed by atoms with Crippen molar-refractivity contribution in [2.24, 2.45) is 0 Å². The SMILES string of the molecule is CCc1ccc(OCCSc2nnc(C)c(=O)[nH]2)cc1. The summed E-state index contributed by atoms with van der Waals surface area (Å²) in [4.78, 5) is 14.0. The van der Waals surface area contributed by atoms with Crippen molar-refractivity contribution in [3.8, 4) is 5.75 Å². The summed E-state index contributed by atoms with van der Waals surface area (Å²) in [5, 5.41) is 8.21. The lowest BCUT2D eigenvalue weighted by molar-refractivity contribution is 0.343. The number of thioether (sulfide) groups is 1. The molecule has 20 heavy (non-hydrogen) atoms. The van der Waals surface area contributed by atoms with Crippen molar-refractivity contribution in [3.63, 3.8) is 0 Å². The van der Waals surface area contributed by atoms with Crippen LogP contribution in [0.4, 0.5) is 0 Å². The van der Waals surface area contributed by atoms with Gasteiger partial charge >= 0.3 is 0 Å². The van der Waals surface area contributed by atoms with Gasteiger partial charge in [0.15, 0.2) is 5.16 Å². The molecule has 106 valence electrons. The highest BCUT2D eigenvalue weighted by Gasteiger charge is 2.01. The van der Waals surface area contributed by atoms with E-state index in [4.69, 9.17) is 4.74 Å². The molecule has 1 heterocycles. The zero-order valence-electron chi connectivity index (χ0n) is 11.5. The largest absolute Gasteiger partial charge is 0.493 e. The Balaban J connectivity index is 1.78. The van der Waals surface area contributed by atoms with E-state index in [1.54, 1.807) is 6.92 Å². The molecule has 1 aromatic heterocycles. The van der Waals surface area contributed by atoms with Crippen molar-refractivity contribution in [1.29, 1.82) is 0 Å². The van der Waals surface area contributed by atoms with E-state index in [0.717, 1.165) is 12.2 Å². The van der Waals surface area contributed by atoms with E-state index in [1.165, 1.54) is 17.3 Å². The Kier molecular flexibility index (Phi) is 5.17. The molecule has 0 unspecified atom stereocenters. The lowest BCUT2D eigenvalue weighted by atomic mass is 10.2. The molecule has 0 aliphatic heterocycles. The van der Waals surface area contributed by atoms with Gasteiger partial charge in [-0.2, -0.15) is 0 Å². The summed E-state index contributed by atoms with van der Waals surface area (Å²) >= 11 is 1.42. The van der Waals surface area contributed by atoms with E-state index >= 15 is 0 Å². The average Bonchev–Trinajstić information content (AvgIpc) is 2.48. The highest BCUT2D eigenvalue weighted by molar-refractivity contribution is 7.99. The second-order valence-electron chi connectivity index (χ2n) is 4.24. The fourth-order valence-electron chi connectivity index (χ4n) is 1.56. The monoisotopic (exact) mass is 291 g/mol. The van der Waals surface area contributed by atoms with E-state index in [1.807, 2.05) is 12.1 Å². The zero-order valence-corrected chi connectivity index (χ0v) is 12.4. The minimum atomic E-state index is -0.196. The van der Waals surface area contributed by atoms with Crippen LogP contribution in [0.2, 0.25) is 0 Å². The second-order valence-corrected chi connectivity index (χ2v) is 5.32. The molecule has 0 saturated carbocycles. The Bertz CT molecular complexity index is 611. The van der Waals surface area contributed by atoms with Gasteiger partial charge in [-0.05, 0) is 31.0 Å². The first kappa shape index (κ1) is 14.6. The molecule has 0 bridgehead atoms. The Morgan fingerprint density at radius 3 is 2.65 bits per heavy atom. The summed E-state index contributed by atoms with van der Waals surface area (Å²) in [6.07, 6.45) is 1.02. The van der Waals surface area contributed by atoms with E-state index in [0.29, 0.717) is 23.2 Å². The first-order valence-electron chi connectivity index (χ1n) is 6.47. The third-order valence-corrected chi connectivity index (χ3v) is 3.59. The number of rotatable bonds is 6. The average molecular weight is 291 g/mol. The first-order valence-corrected chi connectivity index (χ1v) is 7.45. The molecule has 2 rings (SSSR count). The summed E-state index contributed by atoms with van der Waals surface area (Å²) < 4.78 is 5.62. The van der Waals surface area contributed by atoms with Gasteiger partial charge in [-0.15, -0.1) is 10.2 Å². The topological polar surface area (TPSA) is 67.9 Å². The maximum Gasteiger partial charge on any atom is 0.273 e. The molecular weight excluding hydrogens is 274 g/mol. The second kappa shape index (κ2) is 7.09. The molecule has 0 aliphatic carbocycles. The number of nitrogens with zero attached hydrogens (tertiary/aromatic N) is 2. The number of aromatic nitrogens is 3. The number of nitrogens with one attached hydrogen (secondary N) is 1. The molecule has 0 spiro atoms. The van der Waals surface area contributed by atoms with Gasteiger partial charge in [0.05, 0.1) is 6.61 Å². The van der Waals surface area contributed by atoms with Crippen LogP contribution >= 0.6 is 11.8 Å². The van der Waals surface area contributed by atoms with Gasteiger partial charge in [-0.25, -0.2) is 0 Å². The Morgan fingerprint density at radius 1 is 1.25 bits per heavy atom. The number of aryl methyl sites for hydroxylation is 2. The van der Waals surface area contributed by atoms with Gasteiger partial charge < -0.3 is 4.74 Å². The zero-order chi connectivity index (χ0) is 14.4. The van der Waals surface area contributed by atoms with Gasteiger partial charge in [-0.1, -0.05) is 30.8 Å². The fraction of sp³-hybridized carbons (Fsp3) is 0.357. The summed E-state index contributed by atoms with van der Waals surface area (Å²) in [5.74, 6) is 1.55. The molecule has 0 atom stereocenters. The van der Waals surface area contributed by atoms with E-state index in [-0.39, 0.29) is 5.56 Å². The number of hydrogen-bond acceptors (Lipinski definition) is 5. The van der Waals surface area contributed by atoms with E-state index in [9.17, 15) is 4.79 Å². The van der Waals surface area contributed by atoms with Crippen molar-refractivity contribution in [3.05, 3.63) is 45.9 Å². The van der Waals surface area contributed by atoms with Crippen molar-refractivity contribution >= 4 is 11.8 Å². The standard InChI is InChI=1S/C14H17N3O2S/c1-3-11-4-6-12(7-5-11)19-8-9-20-14-15-13(18)10(2)16-17-14/h4-7H,3,8-9H2,1-2H3,(H,15,17,18). The van der Waals surface area contributed by atoms with Gasteiger partial charge in [0.1, 0.15) is 11.4 Å². The summed E-state index contributed by atoms with van der Waals surface area (Å²) in [6, 6.07) is 8.06. The third-order valence-electron chi connectivity index (χ3n) is 2.76. The highest BCUT2D eigenvalue weighted by atomic mass is 32.2. The van der Waals surface area contributed by atoms with Gasteiger partial charge in [0.25, 0.3) is 5.56 Å². The molecule has 6 heteroatoms. The Labute approximate surface area is 121 Å². The Morgan fingerprint density at radius 2 is 2.00 bits per heavy atom. The summed E-state index contributed by atoms with van der Waals surface area (Å²) in [7, 11) is 0. The van der Waals surface area contributed by atoms with Gasteiger partial charge in [0, 0.05) is 5.75 Å². The molecule has 0 amide bonds. The number of H-pyrrole nitrogens is 1. The van der Waals surface area contributed by atoms with E-state index in [2.05, 4.69) is 34.2 Å². The normalized spacial score (nSPS) is 10.5. The number of ether oxygens (including phenoxy) is 1. The lowest BCUT2D eigenvalue weighted by Gasteiger charge is -2.06. The molecule has 0 fully saturated rings. The summed E-state index contributed by atoms with van der Waals surface area (Å²) in [6.45, 7) is 4.30. The maximum atomic E-state index is 11.4. The van der Waals surface area contributed by atoms with Crippen LogP contribution in [0.25, 0.3) is 0 Å². The van der Waals surface area contributed by atoms with Gasteiger partial charge in [-0.3, -0.25) is 9.78 Å². The molecule has 1 aromatic carbocycles.